The highest BCUT2D eigenvalue weighted by Gasteiger charge is 2.34. The number of hydrazone groups is 1. The summed E-state index contributed by atoms with van der Waals surface area (Å²) in [6, 6.07) is 11.7. The number of imide groups is 1. The Balaban J connectivity index is 1.76. The predicted octanol–water partition coefficient (Wildman–Crippen LogP) is 4.68. The fourth-order valence-electron chi connectivity index (χ4n) is 3.00. The number of hydrogen-bond acceptors (Lipinski definition) is 5. The van der Waals surface area contributed by atoms with E-state index in [0.29, 0.717) is 26.4 Å². The van der Waals surface area contributed by atoms with Crippen LogP contribution in [0.5, 0.6) is 0 Å². The van der Waals surface area contributed by atoms with Crippen LogP contribution in [0, 0.1) is 10.1 Å². The molecule has 4 rings (SSSR count). The maximum absolute atomic E-state index is 12.8. The molecule has 7 nitrogen and oxygen atoms in total. The number of halogens is 2. The fraction of sp³-hybridized carbons (Fsp3) is 0. The second-order valence-electron chi connectivity index (χ2n) is 5.96. The Morgan fingerprint density at radius 1 is 0.857 bits per heavy atom. The van der Waals surface area contributed by atoms with Crippen molar-refractivity contribution in [1.82, 2.24) is 5.01 Å². The Kier molecular flexibility index (Phi) is 4.33. The maximum Gasteiger partial charge on any atom is 0.282 e. The molecular formula is C19H9Cl2N3O4. The molecular weight excluding hydrogens is 405 g/mol. The van der Waals surface area contributed by atoms with Gasteiger partial charge in [-0.1, -0.05) is 23.2 Å². The number of amides is 2. The van der Waals surface area contributed by atoms with Gasteiger partial charge in [0.05, 0.1) is 22.3 Å². The molecule has 0 radical (unpaired) electrons. The molecule has 1 aliphatic heterocycles. The molecule has 0 saturated heterocycles. The van der Waals surface area contributed by atoms with Crippen molar-refractivity contribution in [1.29, 1.82) is 0 Å². The first-order valence-electron chi connectivity index (χ1n) is 7.96. The van der Waals surface area contributed by atoms with E-state index >= 15 is 0 Å². The number of nitro groups is 1. The summed E-state index contributed by atoms with van der Waals surface area (Å²) in [5.74, 6) is -1.22. The first-order chi connectivity index (χ1) is 13.4. The largest absolute Gasteiger partial charge is 0.282 e. The van der Waals surface area contributed by atoms with Gasteiger partial charge in [-0.2, -0.15) is 10.1 Å². The molecule has 0 fully saturated rings. The molecule has 3 aromatic carbocycles. The van der Waals surface area contributed by atoms with Gasteiger partial charge in [0, 0.05) is 33.0 Å². The van der Waals surface area contributed by atoms with E-state index in [2.05, 4.69) is 5.10 Å². The summed E-state index contributed by atoms with van der Waals surface area (Å²) >= 11 is 12.4. The second-order valence-corrected chi connectivity index (χ2v) is 6.77. The molecule has 0 atom stereocenters. The first kappa shape index (κ1) is 18.1. The third kappa shape index (κ3) is 2.81. The van der Waals surface area contributed by atoms with Crippen molar-refractivity contribution in [2.45, 2.75) is 0 Å². The van der Waals surface area contributed by atoms with Crippen molar-refractivity contribution >= 4 is 57.7 Å². The van der Waals surface area contributed by atoms with E-state index in [4.69, 9.17) is 23.2 Å². The third-order valence-electron chi connectivity index (χ3n) is 4.33. The average molecular weight is 414 g/mol. The Labute approximate surface area is 167 Å². The van der Waals surface area contributed by atoms with Crippen LogP contribution in [0.25, 0.3) is 10.8 Å². The van der Waals surface area contributed by atoms with Crippen LogP contribution in [0.1, 0.15) is 26.3 Å². The molecule has 0 unspecified atom stereocenters. The minimum Gasteiger partial charge on any atom is -0.267 e. The summed E-state index contributed by atoms with van der Waals surface area (Å²) in [6.07, 6.45) is 1.29. The van der Waals surface area contributed by atoms with Crippen molar-refractivity contribution in [3.63, 3.8) is 0 Å². The van der Waals surface area contributed by atoms with Crippen molar-refractivity contribution in [2.24, 2.45) is 5.10 Å². The predicted molar refractivity (Wildman–Crippen MR) is 105 cm³/mol. The van der Waals surface area contributed by atoms with Gasteiger partial charge in [0.25, 0.3) is 17.5 Å². The molecule has 2 amide bonds. The number of non-ortho nitro benzene ring substituents is 1. The average Bonchev–Trinajstić information content (AvgIpc) is 2.67. The zero-order valence-corrected chi connectivity index (χ0v) is 15.4. The highest BCUT2D eigenvalue weighted by atomic mass is 35.5. The fourth-order valence-corrected chi connectivity index (χ4v) is 3.57. The maximum atomic E-state index is 12.8. The summed E-state index contributed by atoms with van der Waals surface area (Å²) < 4.78 is 0. The minimum atomic E-state index is -0.611. The Morgan fingerprint density at radius 2 is 1.39 bits per heavy atom. The molecule has 0 N–H and O–H groups in total. The van der Waals surface area contributed by atoms with E-state index in [1.807, 2.05) is 0 Å². The summed E-state index contributed by atoms with van der Waals surface area (Å²) in [5.41, 5.74) is 0.945. The third-order valence-corrected chi connectivity index (χ3v) is 4.96. The lowest BCUT2D eigenvalue weighted by Gasteiger charge is -2.23. The molecule has 0 aromatic heterocycles. The number of benzene rings is 3. The number of nitrogens with zero attached hydrogens (tertiary/aromatic N) is 3. The molecule has 0 saturated carbocycles. The molecule has 0 spiro atoms. The SMILES string of the molecule is O=C1c2ccc(Cl)c3c(Cl)ccc(c23)C(=O)N1N=Cc1ccc([N+](=O)[O-])cc1. The smallest absolute Gasteiger partial charge is 0.267 e. The van der Waals surface area contributed by atoms with Crippen LogP contribution in [0.2, 0.25) is 10.0 Å². The summed E-state index contributed by atoms with van der Waals surface area (Å²) in [6.45, 7) is 0. The van der Waals surface area contributed by atoms with E-state index in [9.17, 15) is 19.7 Å². The van der Waals surface area contributed by atoms with E-state index < -0.39 is 16.7 Å². The first-order valence-corrected chi connectivity index (χ1v) is 8.72. The van der Waals surface area contributed by atoms with Gasteiger partial charge < -0.3 is 0 Å². The van der Waals surface area contributed by atoms with Crippen LogP contribution >= 0.6 is 23.2 Å². The molecule has 9 heteroatoms. The monoisotopic (exact) mass is 413 g/mol. The van der Waals surface area contributed by atoms with E-state index in [0.717, 1.165) is 5.01 Å². The van der Waals surface area contributed by atoms with Gasteiger partial charge in [0.1, 0.15) is 0 Å². The molecule has 3 aromatic rings. The van der Waals surface area contributed by atoms with Crippen LogP contribution in [0.15, 0.2) is 53.6 Å². The Bertz CT molecular complexity index is 1150. The quantitative estimate of drug-likeness (QED) is 0.269. The molecule has 138 valence electrons. The second kappa shape index (κ2) is 6.70. The van der Waals surface area contributed by atoms with Crippen LogP contribution in [-0.2, 0) is 0 Å². The molecule has 28 heavy (non-hydrogen) atoms. The molecule has 0 aliphatic carbocycles. The lowest BCUT2D eigenvalue weighted by molar-refractivity contribution is -0.384. The Morgan fingerprint density at radius 3 is 1.89 bits per heavy atom. The lowest BCUT2D eigenvalue weighted by Crippen LogP contribution is -2.36. The molecule has 1 heterocycles. The zero-order chi connectivity index (χ0) is 20.0. The van der Waals surface area contributed by atoms with E-state index in [1.165, 1.54) is 42.6 Å². The topological polar surface area (TPSA) is 92.9 Å². The van der Waals surface area contributed by atoms with E-state index in [1.54, 1.807) is 12.1 Å². The van der Waals surface area contributed by atoms with E-state index in [-0.39, 0.29) is 16.8 Å². The standard InChI is InChI=1S/C19H9Cl2N3O4/c20-14-7-5-12-16-13(6-8-15(21)17(14)16)19(26)23(18(12)25)22-9-10-1-3-11(4-2-10)24(27)28/h1-9H. The van der Waals surface area contributed by atoms with Crippen molar-refractivity contribution in [3.8, 4) is 0 Å². The van der Waals surface area contributed by atoms with Crippen LogP contribution in [0.3, 0.4) is 0 Å². The van der Waals surface area contributed by atoms with Gasteiger partial charge in [0.2, 0.25) is 0 Å². The highest BCUT2D eigenvalue weighted by Crippen LogP contribution is 2.38. The van der Waals surface area contributed by atoms with Gasteiger partial charge in [-0.3, -0.25) is 19.7 Å². The van der Waals surface area contributed by atoms with Crippen molar-refractivity contribution in [3.05, 3.63) is 85.4 Å². The number of carbonyl (C=O) groups is 2. The normalized spacial score (nSPS) is 13.6. The van der Waals surface area contributed by atoms with Crippen LogP contribution in [0.4, 0.5) is 5.69 Å². The number of carbonyl (C=O) groups excluding carboxylic acids is 2. The number of hydrogen-bond donors (Lipinski definition) is 0. The van der Waals surface area contributed by atoms with Gasteiger partial charge in [-0.25, -0.2) is 0 Å². The van der Waals surface area contributed by atoms with Crippen LogP contribution in [-0.4, -0.2) is 28.0 Å². The minimum absolute atomic E-state index is 0.0726. The lowest BCUT2D eigenvalue weighted by atomic mass is 9.95. The number of rotatable bonds is 3. The van der Waals surface area contributed by atoms with Crippen LogP contribution < -0.4 is 0 Å². The van der Waals surface area contributed by atoms with Gasteiger partial charge in [-0.15, -0.1) is 0 Å². The summed E-state index contributed by atoms with van der Waals surface area (Å²) in [4.78, 5) is 35.8. The van der Waals surface area contributed by atoms with Crippen molar-refractivity contribution < 1.29 is 14.5 Å². The van der Waals surface area contributed by atoms with Gasteiger partial charge in [0.15, 0.2) is 0 Å². The summed E-state index contributed by atoms with van der Waals surface area (Å²) in [7, 11) is 0. The van der Waals surface area contributed by atoms with Crippen molar-refractivity contribution in [2.75, 3.05) is 0 Å². The Hall–Kier alpha value is -3.29. The van der Waals surface area contributed by atoms with Gasteiger partial charge >= 0.3 is 0 Å². The molecule has 1 aliphatic rings. The summed E-state index contributed by atoms with van der Waals surface area (Å²) in [5, 5.41) is 17.0. The highest BCUT2D eigenvalue weighted by molar-refractivity contribution is 6.44. The zero-order valence-electron chi connectivity index (χ0n) is 13.9. The molecule has 0 bridgehead atoms. The van der Waals surface area contributed by atoms with Gasteiger partial charge in [-0.05, 0) is 42.0 Å². The number of nitro benzene ring substituents is 1.